The second-order valence-electron chi connectivity index (χ2n) is 5.94. The number of aromatic nitrogens is 4. The predicted octanol–water partition coefficient (Wildman–Crippen LogP) is 3.95. The molecule has 7 nitrogen and oxygen atoms in total. The first-order valence-electron chi connectivity index (χ1n) is 8.05. The molecule has 0 aliphatic rings. The van der Waals surface area contributed by atoms with Crippen molar-refractivity contribution in [3.05, 3.63) is 66.8 Å². The van der Waals surface area contributed by atoms with Gasteiger partial charge in [-0.3, -0.25) is 9.89 Å². The number of carbonyl (C=O) groups is 1. The lowest BCUT2D eigenvalue weighted by Gasteiger charge is -2.09. The van der Waals surface area contributed by atoms with E-state index < -0.39 is 0 Å². The molecule has 5 aromatic rings. The number of amides is 1. The number of hydrogen-bond acceptors (Lipinski definition) is 4. The Hall–Kier alpha value is -3.87. The van der Waals surface area contributed by atoms with Crippen molar-refractivity contribution >= 4 is 33.4 Å². The van der Waals surface area contributed by atoms with Gasteiger partial charge >= 0.3 is 0 Å². The highest BCUT2D eigenvalue weighted by Gasteiger charge is 2.14. The number of carbonyl (C=O) groups excluding carboxylic acids is 1. The number of hydrogen-bond donors (Lipinski definition) is 3. The van der Waals surface area contributed by atoms with Crippen molar-refractivity contribution in [2.45, 2.75) is 0 Å². The number of H-pyrrole nitrogens is 2. The summed E-state index contributed by atoms with van der Waals surface area (Å²) in [6, 6.07) is 13.6. The van der Waals surface area contributed by atoms with Gasteiger partial charge in [-0.25, -0.2) is 0 Å². The second-order valence-corrected chi connectivity index (χ2v) is 5.94. The number of nitrogens with one attached hydrogen (secondary N) is 3. The van der Waals surface area contributed by atoms with Crippen molar-refractivity contribution in [2.75, 3.05) is 5.32 Å². The third-order valence-corrected chi connectivity index (χ3v) is 4.38. The minimum absolute atomic E-state index is 0.222. The molecular weight excluding hydrogens is 330 g/mol. The first kappa shape index (κ1) is 14.5. The van der Waals surface area contributed by atoms with Gasteiger partial charge in [0.15, 0.2) is 5.69 Å². The van der Waals surface area contributed by atoms with Gasteiger partial charge in [-0.05, 0) is 35.4 Å². The fourth-order valence-corrected chi connectivity index (χ4v) is 3.16. The number of benzene rings is 2. The van der Waals surface area contributed by atoms with Crippen LogP contribution in [0, 0.1) is 0 Å². The van der Waals surface area contributed by atoms with Gasteiger partial charge < -0.3 is 14.8 Å². The number of rotatable bonds is 3. The average molecular weight is 343 g/mol. The lowest BCUT2D eigenvalue weighted by atomic mass is 9.99. The van der Waals surface area contributed by atoms with Crippen LogP contribution >= 0.6 is 0 Å². The van der Waals surface area contributed by atoms with Crippen LogP contribution in [0.5, 0.6) is 0 Å². The van der Waals surface area contributed by atoms with E-state index >= 15 is 0 Å². The van der Waals surface area contributed by atoms with Gasteiger partial charge in [-0.2, -0.15) is 5.10 Å². The van der Waals surface area contributed by atoms with Crippen molar-refractivity contribution in [3.63, 3.8) is 0 Å². The van der Waals surface area contributed by atoms with Crippen molar-refractivity contribution in [1.82, 2.24) is 20.3 Å². The number of anilines is 1. The van der Waals surface area contributed by atoms with Gasteiger partial charge in [-0.15, -0.1) is 0 Å². The lowest BCUT2D eigenvalue weighted by molar-refractivity contribution is 0.101. The van der Waals surface area contributed by atoms with Gasteiger partial charge in [0, 0.05) is 28.6 Å². The van der Waals surface area contributed by atoms with Crippen molar-refractivity contribution in [2.24, 2.45) is 0 Å². The van der Waals surface area contributed by atoms with E-state index in [4.69, 9.17) is 4.52 Å². The Morgan fingerprint density at radius 1 is 1.08 bits per heavy atom. The van der Waals surface area contributed by atoms with E-state index in [0.717, 1.165) is 32.9 Å². The van der Waals surface area contributed by atoms with Gasteiger partial charge in [-0.1, -0.05) is 17.3 Å². The molecule has 0 saturated heterocycles. The van der Waals surface area contributed by atoms with Crippen LogP contribution in [0.1, 0.15) is 10.5 Å². The highest BCUT2D eigenvalue weighted by atomic mass is 16.5. The molecule has 3 N–H and O–H groups in total. The minimum atomic E-state index is -0.335. The Kier molecular flexibility index (Phi) is 3.11. The summed E-state index contributed by atoms with van der Waals surface area (Å²) in [7, 11) is 0. The molecule has 3 heterocycles. The summed E-state index contributed by atoms with van der Waals surface area (Å²) in [5.74, 6) is -0.335. The fraction of sp³-hybridized carbons (Fsp3) is 0. The standard InChI is InChI=1S/C19H13N5O2/c25-19(16-5-7-26-24-16)22-17-8-11(9-18-14(17)10-21-23-18)12-2-1-3-15-13(12)4-6-20-15/h1-10,20H,(H,21,23)(H,22,25). The van der Waals surface area contributed by atoms with Crippen molar-refractivity contribution < 1.29 is 9.32 Å². The van der Waals surface area contributed by atoms with E-state index in [2.05, 4.69) is 31.7 Å². The van der Waals surface area contributed by atoms with Crippen LogP contribution in [-0.2, 0) is 0 Å². The van der Waals surface area contributed by atoms with Crippen LogP contribution in [-0.4, -0.2) is 26.2 Å². The first-order valence-corrected chi connectivity index (χ1v) is 8.05. The highest BCUT2D eigenvalue weighted by Crippen LogP contribution is 2.34. The van der Waals surface area contributed by atoms with E-state index in [1.165, 1.54) is 12.3 Å². The summed E-state index contributed by atoms with van der Waals surface area (Å²) in [5.41, 5.74) is 4.82. The molecule has 0 bridgehead atoms. The molecule has 0 aliphatic carbocycles. The van der Waals surface area contributed by atoms with Gasteiger partial charge in [0.1, 0.15) is 6.26 Å². The molecule has 26 heavy (non-hydrogen) atoms. The van der Waals surface area contributed by atoms with E-state index in [9.17, 15) is 4.79 Å². The molecule has 0 aliphatic heterocycles. The van der Waals surface area contributed by atoms with Gasteiger partial charge in [0.05, 0.1) is 17.4 Å². The quantitative estimate of drug-likeness (QED) is 0.462. The third-order valence-electron chi connectivity index (χ3n) is 4.38. The van der Waals surface area contributed by atoms with E-state index in [1.807, 2.05) is 36.5 Å². The largest absolute Gasteiger partial charge is 0.364 e. The van der Waals surface area contributed by atoms with Gasteiger partial charge in [0.2, 0.25) is 0 Å². The molecule has 0 spiro atoms. The molecule has 0 radical (unpaired) electrons. The molecule has 0 saturated carbocycles. The van der Waals surface area contributed by atoms with Crippen LogP contribution in [0.15, 0.2) is 65.6 Å². The maximum atomic E-state index is 12.4. The van der Waals surface area contributed by atoms with Crippen molar-refractivity contribution in [3.8, 4) is 11.1 Å². The second kappa shape index (κ2) is 5.59. The third kappa shape index (κ3) is 2.26. The predicted molar refractivity (Wildman–Crippen MR) is 97.8 cm³/mol. The number of nitrogens with zero attached hydrogens (tertiary/aromatic N) is 2. The molecule has 0 atom stereocenters. The summed E-state index contributed by atoms with van der Waals surface area (Å²) in [4.78, 5) is 15.6. The Morgan fingerprint density at radius 2 is 2.04 bits per heavy atom. The zero-order chi connectivity index (χ0) is 17.5. The fourth-order valence-electron chi connectivity index (χ4n) is 3.16. The summed E-state index contributed by atoms with van der Waals surface area (Å²) in [6.07, 6.45) is 4.97. The van der Waals surface area contributed by atoms with Crippen molar-refractivity contribution in [1.29, 1.82) is 0 Å². The Balaban J connectivity index is 1.66. The zero-order valence-corrected chi connectivity index (χ0v) is 13.5. The average Bonchev–Trinajstić information content (AvgIpc) is 3.40. The number of fused-ring (bicyclic) bond motifs is 2. The summed E-state index contributed by atoms with van der Waals surface area (Å²) >= 11 is 0. The molecule has 7 heteroatoms. The summed E-state index contributed by atoms with van der Waals surface area (Å²) in [5, 5.41) is 15.6. The van der Waals surface area contributed by atoms with E-state index in [1.54, 1.807) is 6.20 Å². The maximum Gasteiger partial charge on any atom is 0.277 e. The van der Waals surface area contributed by atoms with Crippen LogP contribution in [0.25, 0.3) is 32.9 Å². The lowest BCUT2D eigenvalue weighted by Crippen LogP contribution is -2.12. The normalized spacial score (nSPS) is 11.2. The monoisotopic (exact) mass is 343 g/mol. The first-order chi connectivity index (χ1) is 12.8. The summed E-state index contributed by atoms with van der Waals surface area (Å²) in [6.45, 7) is 0. The van der Waals surface area contributed by atoms with Crippen LogP contribution in [0.2, 0.25) is 0 Å². The van der Waals surface area contributed by atoms with Crippen LogP contribution < -0.4 is 5.32 Å². The topological polar surface area (TPSA) is 99.6 Å². The molecule has 3 aromatic heterocycles. The smallest absolute Gasteiger partial charge is 0.277 e. The number of aromatic amines is 2. The van der Waals surface area contributed by atoms with Crippen LogP contribution in [0.3, 0.4) is 0 Å². The molecule has 1 amide bonds. The Labute approximate surface area is 147 Å². The molecule has 2 aromatic carbocycles. The van der Waals surface area contributed by atoms with E-state index in [-0.39, 0.29) is 11.6 Å². The Bertz CT molecular complexity index is 1230. The molecule has 0 fully saturated rings. The molecule has 5 rings (SSSR count). The molecular formula is C19H13N5O2. The van der Waals surface area contributed by atoms with Crippen LogP contribution in [0.4, 0.5) is 5.69 Å². The van der Waals surface area contributed by atoms with E-state index in [0.29, 0.717) is 5.69 Å². The summed E-state index contributed by atoms with van der Waals surface area (Å²) < 4.78 is 4.75. The SMILES string of the molecule is O=C(Nc1cc(-c2cccc3[nH]ccc23)cc2[nH]ncc12)c1ccon1. The Morgan fingerprint density at radius 3 is 2.92 bits per heavy atom. The molecule has 0 unspecified atom stereocenters. The minimum Gasteiger partial charge on any atom is -0.364 e. The van der Waals surface area contributed by atoms with Gasteiger partial charge in [0.25, 0.3) is 5.91 Å². The molecule has 126 valence electrons. The maximum absolute atomic E-state index is 12.4. The zero-order valence-electron chi connectivity index (χ0n) is 13.5. The highest BCUT2D eigenvalue weighted by molar-refractivity contribution is 6.09.